The molecule has 102 valence electrons. The molecule has 4 heteroatoms. The number of likely N-dealkylation sites (N-methyl/N-ethyl adjacent to an activating group) is 1. The van der Waals surface area contributed by atoms with Gasteiger partial charge in [-0.25, -0.2) is 4.39 Å². The molecule has 3 nitrogen and oxygen atoms in total. The van der Waals surface area contributed by atoms with E-state index in [1.165, 1.54) is 25.5 Å². The Bertz CT molecular complexity index is 467. The largest absolute Gasteiger partial charge is 0.311 e. The van der Waals surface area contributed by atoms with E-state index < -0.39 is 5.82 Å². The number of halogens is 1. The Morgan fingerprint density at radius 2 is 2.37 bits per heavy atom. The van der Waals surface area contributed by atoms with Crippen LogP contribution in [0.3, 0.4) is 0 Å². The Kier molecular flexibility index (Phi) is 4.89. The van der Waals surface area contributed by atoms with Gasteiger partial charge in [0.15, 0.2) is 0 Å². The van der Waals surface area contributed by atoms with Crippen LogP contribution in [0.5, 0.6) is 0 Å². The topological polar surface area (TPSA) is 39.1 Å². The SMILES string of the molecule is CCN1CCCC1CNCc1ccc(F)c(C#N)c1. The summed E-state index contributed by atoms with van der Waals surface area (Å²) in [5.41, 5.74) is 1.08. The highest BCUT2D eigenvalue weighted by molar-refractivity contribution is 5.34. The van der Waals surface area contributed by atoms with E-state index in [0.717, 1.165) is 18.7 Å². The molecule has 1 heterocycles. The van der Waals surface area contributed by atoms with Gasteiger partial charge in [0.1, 0.15) is 11.9 Å². The molecule has 0 aliphatic carbocycles. The van der Waals surface area contributed by atoms with Gasteiger partial charge in [-0.3, -0.25) is 4.90 Å². The summed E-state index contributed by atoms with van der Waals surface area (Å²) >= 11 is 0. The van der Waals surface area contributed by atoms with E-state index in [-0.39, 0.29) is 5.56 Å². The molecule has 1 aromatic rings. The molecule has 1 saturated heterocycles. The summed E-state index contributed by atoms with van der Waals surface area (Å²) in [6, 6.07) is 7.20. The lowest BCUT2D eigenvalue weighted by Gasteiger charge is -2.23. The number of nitriles is 1. The van der Waals surface area contributed by atoms with Crippen LogP contribution < -0.4 is 5.32 Å². The molecule has 1 unspecified atom stereocenters. The van der Waals surface area contributed by atoms with E-state index in [4.69, 9.17) is 5.26 Å². The fourth-order valence-electron chi connectivity index (χ4n) is 2.69. The van der Waals surface area contributed by atoms with Crippen LogP contribution in [0, 0.1) is 17.1 Å². The standard InChI is InChI=1S/C15H20FN3/c1-2-19-7-3-4-14(19)11-18-10-12-5-6-15(16)13(8-12)9-17/h5-6,8,14,18H,2-4,7,10-11H2,1H3. The van der Waals surface area contributed by atoms with Crippen molar-refractivity contribution in [3.63, 3.8) is 0 Å². The third-order valence-corrected chi connectivity index (χ3v) is 3.77. The zero-order valence-electron chi connectivity index (χ0n) is 11.3. The van der Waals surface area contributed by atoms with Crippen molar-refractivity contribution in [2.45, 2.75) is 32.4 Å². The molecule has 0 bridgehead atoms. The molecule has 1 aliphatic rings. The molecule has 1 aliphatic heterocycles. The van der Waals surface area contributed by atoms with Crippen molar-refractivity contribution in [3.8, 4) is 6.07 Å². The van der Waals surface area contributed by atoms with Crippen LogP contribution in [-0.4, -0.2) is 30.6 Å². The lowest BCUT2D eigenvalue weighted by atomic mass is 10.1. The summed E-state index contributed by atoms with van der Waals surface area (Å²) in [6.07, 6.45) is 2.52. The summed E-state index contributed by atoms with van der Waals surface area (Å²) in [7, 11) is 0. The van der Waals surface area contributed by atoms with Gasteiger partial charge in [0.2, 0.25) is 0 Å². The summed E-state index contributed by atoms with van der Waals surface area (Å²) in [5, 5.41) is 12.2. The predicted molar refractivity (Wildman–Crippen MR) is 73.1 cm³/mol. The maximum atomic E-state index is 13.2. The third-order valence-electron chi connectivity index (χ3n) is 3.77. The average Bonchev–Trinajstić information content (AvgIpc) is 2.88. The van der Waals surface area contributed by atoms with E-state index in [2.05, 4.69) is 17.1 Å². The first-order chi connectivity index (χ1) is 9.24. The van der Waals surface area contributed by atoms with Crippen LogP contribution in [-0.2, 0) is 6.54 Å². The first-order valence-electron chi connectivity index (χ1n) is 6.88. The summed E-state index contributed by atoms with van der Waals surface area (Å²) in [6.45, 7) is 6.12. The van der Waals surface area contributed by atoms with E-state index in [0.29, 0.717) is 12.6 Å². The number of hydrogen-bond donors (Lipinski definition) is 1. The van der Waals surface area contributed by atoms with Crippen LogP contribution in [0.25, 0.3) is 0 Å². The molecule has 0 amide bonds. The number of nitrogens with zero attached hydrogens (tertiary/aromatic N) is 2. The minimum absolute atomic E-state index is 0.121. The van der Waals surface area contributed by atoms with Crippen molar-refractivity contribution in [1.82, 2.24) is 10.2 Å². The molecule has 1 fully saturated rings. The maximum Gasteiger partial charge on any atom is 0.140 e. The molecule has 19 heavy (non-hydrogen) atoms. The number of nitrogens with one attached hydrogen (secondary N) is 1. The van der Waals surface area contributed by atoms with Gasteiger partial charge in [-0.15, -0.1) is 0 Å². The van der Waals surface area contributed by atoms with E-state index in [1.54, 1.807) is 12.1 Å². The van der Waals surface area contributed by atoms with Crippen LogP contribution in [0.1, 0.15) is 30.9 Å². The lowest BCUT2D eigenvalue weighted by molar-refractivity contribution is 0.260. The second-order valence-corrected chi connectivity index (χ2v) is 4.98. The molecule has 0 aromatic heterocycles. The summed E-state index contributed by atoms with van der Waals surface area (Å²) < 4.78 is 13.2. The summed E-state index contributed by atoms with van der Waals surface area (Å²) in [5.74, 6) is -0.445. The van der Waals surface area contributed by atoms with Gasteiger partial charge >= 0.3 is 0 Å². The Morgan fingerprint density at radius 1 is 1.53 bits per heavy atom. The van der Waals surface area contributed by atoms with Crippen molar-refractivity contribution < 1.29 is 4.39 Å². The molecular weight excluding hydrogens is 241 g/mol. The Hall–Kier alpha value is -1.44. The van der Waals surface area contributed by atoms with Crippen molar-refractivity contribution in [2.24, 2.45) is 0 Å². The fourth-order valence-corrected chi connectivity index (χ4v) is 2.69. The van der Waals surface area contributed by atoms with Crippen LogP contribution in [0.4, 0.5) is 4.39 Å². The molecular formula is C15H20FN3. The zero-order chi connectivity index (χ0) is 13.7. The molecule has 0 saturated carbocycles. The monoisotopic (exact) mass is 261 g/mol. The molecule has 0 radical (unpaired) electrons. The van der Waals surface area contributed by atoms with Crippen LogP contribution in [0.15, 0.2) is 18.2 Å². The zero-order valence-corrected chi connectivity index (χ0v) is 11.3. The molecule has 1 N–H and O–H groups in total. The van der Waals surface area contributed by atoms with Crippen LogP contribution in [0.2, 0.25) is 0 Å². The average molecular weight is 261 g/mol. The first-order valence-corrected chi connectivity index (χ1v) is 6.88. The Balaban J connectivity index is 1.84. The molecule has 0 spiro atoms. The van der Waals surface area contributed by atoms with Gasteiger partial charge in [-0.1, -0.05) is 13.0 Å². The van der Waals surface area contributed by atoms with Crippen molar-refractivity contribution in [3.05, 3.63) is 35.1 Å². The highest BCUT2D eigenvalue weighted by atomic mass is 19.1. The highest BCUT2D eigenvalue weighted by Crippen LogP contribution is 2.16. The van der Waals surface area contributed by atoms with E-state index >= 15 is 0 Å². The number of hydrogen-bond acceptors (Lipinski definition) is 3. The van der Waals surface area contributed by atoms with E-state index in [9.17, 15) is 4.39 Å². The van der Waals surface area contributed by atoms with Gasteiger partial charge < -0.3 is 5.32 Å². The van der Waals surface area contributed by atoms with Gasteiger partial charge in [-0.05, 0) is 43.6 Å². The molecule has 1 aromatic carbocycles. The predicted octanol–water partition coefficient (Wildman–Crippen LogP) is 2.27. The minimum Gasteiger partial charge on any atom is -0.311 e. The second-order valence-electron chi connectivity index (χ2n) is 4.98. The van der Waals surface area contributed by atoms with Gasteiger partial charge in [0.05, 0.1) is 5.56 Å². The van der Waals surface area contributed by atoms with E-state index in [1.807, 2.05) is 6.07 Å². The van der Waals surface area contributed by atoms with Crippen molar-refractivity contribution in [2.75, 3.05) is 19.6 Å². The molecule has 2 rings (SSSR count). The Labute approximate surface area is 114 Å². The number of rotatable bonds is 5. The van der Waals surface area contributed by atoms with Gasteiger partial charge in [0, 0.05) is 19.1 Å². The molecule has 1 atom stereocenters. The van der Waals surface area contributed by atoms with Crippen LogP contribution >= 0.6 is 0 Å². The lowest BCUT2D eigenvalue weighted by Crippen LogP contribution is -2.37. The van der Waals surface area contributed by atoms with Gasteiger partial charge in [-0.2, -0.15) is 5.26 Å². The first kappa shape index (κ1) is 14.0. The highest BCUT2D eigenvalue weighted by Gasteiger charge is 2.21. The number of likely N-dealkylation sites (tertiary alicyclic amines) is 1. The fraction of sp³-hybridized carbons (Fsp3) is 0.533. The Morgan fingerprint density at radius 3 is 3.11 bits per heavy atom. The summed E-state index contributed by atoms with van der Waals surface area (Å²) in [4.78, 5) is 2.48. The van der Waals surface area contributed by atoms with Crippen molar-refractivity contribution >= 4 is 0 Å². The maximum absolute atomic E-state index is 13.2. The number of benzene rings is 1. The van der Waals surface area contributed by atoms with Gasteiger partial charge in [0.25, 0.3) is 0 Å². The normalized spacial score (nSPS) is 19.5. The van der Waals surface area contributed by atoms with Crippen molar-refractivity contribution in [1.29, 1.82) is 5.26 Å². The smallest absolute Gasteiger partial charge is 0.140 e. The quantitative estimate of drug-likeness (QED) is 0.883. The third kappa shape index (κ3) is 3.52. The minimum atomic E-state index is -0.445. The second kappa shape index (κ2) is 6.65.